The summed E-state index contributed by atoms with van der Waals surface area (Å²) >= 11 is 0. The third kappa shape index (κ3) is 4.04. The van der Waals surface area contributed by atoms with Crippen LogP contribution in [0.2, 0.25) is 0 Å². The van der Waals surface area contributed by atoms with Crippen molar-refractivity contribution in [2.24, 2.45) is 5.41 Å². The summed E-state index contributed by atoms with van der Waals surface area (Å²) in [7, 11) is 0. The van der Waals surface area contributed by atoms with Gasteiger partial charge in [0.2, 0.25) is 0 Å². The van der Waals surface area contributed by atoms with Gasteiger partial charge in [-0.15, -0.1) is 0 Å². The third-order valence-corrected chi connectivity index (χ3v) is 8.96. The molecule has 7 rings (SSSR count). The van der Waals surface area contributed by atoms with Gasteiger partial charge < -0.3 is 20.3 Å². The molecule has 2 amide bonds. The Hall–Kier alpha value is -3.12. The number of carbonyl (C=O) groups excluding carboxylic acids is 1. The Bertz CT molecular complexity index is 1200. The van der Waals surface area contributed by atoms with Gasteiger partial charge in [0.1, 0.15) is 0 Å². The normalized spacial score (nSPS) is 27.5. The molecule has 182 valence electrons. The molecule has 6 heteroatoms. The van der Waals surface area contributed by atoms with Crippen LogP contribution in [0, 0.1) is 5.41 Å². The lowest BCUT2D eigenvalue weighted by molar-refractivity contribution is -0.0239. The maximum atomic E-state index is 12.8. The van der Waals surface area contributed by atoms with Crippen LogP contribution in [0.15, 0.2) is 67.1 Å². The van der Waals surface area contributed by atoms with Gasteiger partial charge in [0.05, 0.1) is 30.4 Å². The molecule has 2 unspecified atom stereocenters. The van der Waals surface area contributed by atoms with Gasteiger partial charge in [-0.25, -0.2) is 9.78 Å². The zero-order valence-corrected chi connectivity index (χ0v) is 20.1. The van der Waals surface area contributed by atoms with E-state index in [-0.39, 0.29) is 29.1 Å². The number of hydrogen-bond donors (Lipinski definition) is 3. The average molecular weight is 471 g/mol. The summed E-state index contributed by atoms with van der Waals surface area (Å²) < 4.78 is 2.23. The highest BCUT2D eigenvalue weighted by atomic mass is 16.3. The first-order valence-corrected chi connectivity index (χ1v) is 13.0. The Morgan fingerprint density at radius 3 is 2.63 bits per heavy atom. The van der Waals surface area contributed by atoms with E-state index < -0.39 is 0 Å². The summed E-state index contributed by atoms with van der Waals surface area (Å²) in [6.07, 6.45) is 11.0. The minimum absolute atomic E-state index is 0.0690. The molecule has 3 fully saturated rings. The van der Waals surface area contributed by atoms with Crippen LogP contribution in [0.1, 0.15) is 68.5 Å². The fraction of sp³-hybridized carbons (Fsp3) is 0.448. The first-order chi connectivity index (χ1) is 17.1. The smallest absolute Gasteiger partial charge is 0.315 e. The number of nitrogens with one attached hydrogen (secondary N) is 2. The molecule has 3 aliphatic carbocycles. The number of nitrogens with zero attached hydrogens (tertiary/aromatic N) is 2. The molecule has 2 heterocycles. The van der Waals surface area contributed by atoms with Gasteiger partial charge >= 0.3 is 6.03 Å². The number of rotatable bonds is 6. The topological polar surface area (TPSA) is 79.2 Å². The molecule has 2 bridgehead atoms. The maximum absolute atomic E-state index is 12.8. The number of benzene rings is 2. The van der Waals surface area contributed by atoms with Gasteiger partial charge in [0.15, 0.2) is 0 Å². The molecule has 35 heavy (non-hydrogen) atoms. The number of aromatic nitrogens is 2. The second-order valence-electron chi connectivity index (χ2n) is 10.8. The van der Waals surface area contributed by atoms with E-state index in [9.17, 15) is 9.90 Å². The SMILES string of the molecule is O=C(NCc1ccccc1)NC12CCCC(C(O)CC3c4ccccc4-c4cncn43)(CC1)CC2. The summed E-state index contributed by atoms with van der Waals surface area (Å²) in [5.41, 5.74) is 4.54. The summed E-state index contributed by atoms with van der Waals surface area (Å²) in [4.78, 5) is 17.1. The van der Waals surface area contributed by atoms with Crippen molar-refractivity contribution in [1.82, 2.24) is 20.2 Å². The Balaban J connectivity index is 1.12. The zero-order chi connectivity index (χ0) is 23.9. The molecule has 2 atom stereocenters. The number of amides is 2. The van der Waals surface area contributed by atoms with E-state index in [0.29, 0.717) is 13.0 Å². The van der Waals surface area contributed by atoms with E-state index in [2.05, 4.69) is 44.5 Å². The lowest BCUT2D eigenvalue weighted by atomic mass is 9.64. The molecule has 0 saturated heterocycles. The van der Waals surface area contributed by atoms with Crippen molar-refractivity contribution in [2.75, 3.05) is 0 Å². The molecule has 0 spiro atoms. The van der Waals surface area contributed by atoms with Gasteiger partial charge in [0, 0.05) is 17.6 Å². The van der Waals surface area contributed by atoms with E-state index in [0.717, 1.165) is 56.2 Å². The van der Waals surface area contributed by atoms with Crippen molar-refractivity contribution in [3.8, 4) is 11.3 Å². The summed E-state index contributed by atoms with van der Waals surface area (Å²) in [6, 6.07) is 18.6. The fourth-order valence-corrected chi connectivity index (χ4v) is 6.89. The number of urea groups is 1. The highest BCUT2D eigenvalue weighted by Crippen LogP contribution is 2.54. The van der Waals surface area contributed by atoms with Crippen molar-refractivity contribution in [1.29, 1.82) is 0 Å². The second kappa shape index (κ2) is 8.83. The van der Waals surface area contributed by atoms with Crippen molar-refractivity contribution in [3.63, 3.8) is 0 Å². The first kappa shape index (κ1) is 22.4. The standard InChI is InChI=1S/C29H34N4O2/c34-26(17-24-22-9-4-5-10-23(22)25-19-30-20-33(24)25)28-11-6-12-29(15-13-28,16-14-28)32-27(35)31-18-21-7-2-1-3-8-21/h1-5,7-10,19-20,24,26,34H,6,11-18H2,(H2,31,32,35). The molecule has 3 N–H and O–H groups in total. The lowest BCUT2D eigenvalue weighted by Gasteiger charge is -2.46. The number of aliphatic hydroxyl groups excluding tert-OH is 1. The Morgan fingerprint density at radius 1 is 1.03 bits per heavy atom. The van der Waals surface area contributed by atoms with E-state index in [1.165, 1.54) is 11.1 Å². The molecular formula is C29H34N4O2. The van der Waals surface area contributed by atoms with Crippen molar-refractivity contribution < 1.29 is 9.90 Å². The van der Waals surface area contributed by atoms with Gasteiger partial charge in [-0.1, -0.05) is 61.0 Å². The van der Waals surface area contributed by atoms with Crippen LogP contribution in [0.25, 0.3) is 11.3 Å². The van der Waals surface area contributed by atoms with Crippen LogP contribution in [0.5, 0.6) is 0 Å². The summed E-state index contributed by atoms with van der Waals surface area (Å²) in [5.74, 6) is 0. The number of imidazole rings is 1. The number of fused-ring (bicyclic) bond motifs is 7. The quantitative estimate of drug-likeness (QED) is 0.464. The van der Waals surface area contributed by atoms with Crippen LogP contribution in [-0.4, -0.2) is 32.3 Å². The van der Waals surface area contributed by atoms with Crippen molar-refractivity contribution in [3.05, 3.63) is 78.2 Å². The third-order valence-electron chi connectivity index (χ3n) is 8.96. The van der Waals surface area contributed by atoms with Crippen LogP contribution in [0.4, 0.5) is 4.79 Å². The van der Waals surface area contributed by atoms with Crippen molar-refractivity contribution >= 4 is 6.03 Å². The summed E-state index contributed by atoms with van der Waals surface area (Å²) in [6.45, 7) is 0.532. The van der Waals surface area contributed by atoms with Crippen LogP contribution in [0.3, 0.4) is 0 Å². The van der Waals surface area contributed by atoms with E-state index in [1.807, 2.05) is 42.9 Å². The van der Waals surface area contributed by atoms with E-state index >= 15 is 0 Å². The Kier molecular flexibility index (Phi) is 5.64. The highest BCUT2D eigenvalue weighted by molar-refractivity contribution is 5.75. The molecule has 6 nitrogen and oxygen atoms in total. The number of hydrogen-bond acceptors (Lipinski definition) is 3. The Morgan fingerprint density at radius 2 is 1.80 bits per heavy atom. The lowest BCUT2D eigenvalue weighted by Crippen LogP contribution is -2.54. The van der Waals surface area contributed by atoms with Crippen molar-refractivity contribution in [2.45, 2.75) is 75.6 Å². The van der Waals surface area contributed by atoms with E-state index in [4.69, 9.17) is 0 Å². The maximum Gasteiger partial charge on any atom is 0.315 e. The van der Waals surface area contributed by atoms with Gasteiger partial charge in [-0.2, -0.15) is 0 Å². The molecule has 3 aromatic rings. The first-order valence-electron chi connectivity index (χ1n) is 13.0. The van der Waals surface area contributed by atoms with Crippen LogP contribution < -0.4 is 10.6 Å². The van der Waals surface area contributed by atoms with Crippen LogP contribution >= 0.6 is 0 Å². The molecular weight excluding hydrogens is 436 g/mol. The Labute approximate surface area is 206 Å². The largest absolute Gasteiger partial charge is 0.392 e. The molecule has 1 aliphatic heterocycles. The van der Waals surface area contributed by atoms with Gasteiger partial charge in [-0.05, 0) is 61.5 Å². The zero-order valence-electron chi connectivity index (χ0n) is 20.1. The molecule has 4 aliphatic rings. The number of aliphatic hydroxyl groups is 1. The van der Waals surface area contributed by atoms with Gasteiger partial charge in [-0.3, -0.25) is 0 Å². The van der Waals surface area contributed by atoms with Gasteiger partial charge in [0.25, 0.3) is 0 Å². The minimum Gasteiger partial charge on any atom is -0.392 e. The summed E-state index contributed by atoms with van der Waals surface area (Å²) in [5, 5.41) is 18.0. The number of carbonyl (C=O) groups is 1. The van der Waals surface area contributed by atoms with Crippen LogP contribution in [-0.2, 0) is 6.54 Å². The van der Waals surface area contributed by atoms with E-state index in [1.54, 1.807) is 0 Å². The highest BCUT2D eigenvalue weighted by Gasteiger charge is 2.50. The molecule has 3 saturated carbocycles. The second-order valence-corrected chi connectivity index (χ2v) is 10.8. The predicted molar refractivity (Wildman–Crippen MR) is 136 cm³/mol. The average Bonchev–Trinajstić information content (AvgIpc) is 3.35. The fourth-order valence-electron chi connectivity index (χ4n) is 6.89. The molecule has 0 radical (unpaired) electrons. The monoisotopic (exact) mass is 470 g/mol. The molecule has 1 aromatic heterocycles. The minimum atomic E-state index is -0.378. The predicted octanol–water partition coefficient (Wildman–Crippen LogP) is 5.19. The molecule has 2 aromatic carbocycles.